The van der Waals surface area contributed by atoms with Gasteiger partial charge >= 0.3 is 0 Å². The number of likely N-dealkylation sites (tertiary alicyclic amines) is 1. The first kappa shape index (κ1) is 89.8. The maximum Gasteiger partial charge on any atom is 0.224 e. The van der Waals surface area contributed by atoms with Crippen molar-refractivity contribution in [2.75, 3.05) is 0 Å². The normalized spacial score (nSPS) is 15.0. The molecule has 0 radical (unpaired) electrons. The van der Waals surface area contributed by atoms with Crippen LogP contribution in [0.4, 0.5) is 0 Å². The zero-order chi connectivity index (χ0) is 70.1. The first-order valence-corrected chi connectivity index (χ1v) is 41.9. The lowest BCUT2D eigenvalue weighted by Crippen LogP contribution is -2.88. The third kappa shape index (κ3) is 31.9. The van der Waals surface area contributed by atoms with Crippen LogP contribution in [-0.4, -0.2) is 68.7 Å². The minimum absolute atomic E-state index is 0.205. The van der Waals surface area contributed by atoms with E-state index < -0.39 is 74.6 Å². The van der Waals surface area contributed by atoms with Gasteiger partial charge in [0, 0.05) is 51.4 Å². The van der Waals surface area contributed by atoms with Crippen LogP contribution in [0.5, 0.6) is 0 Å². The van der Waals surface area contributed by atoms with Gasteiger partial charge in [-0.1, -0.05) is 364 Å². The molecule has 0 N–H and O–H groups in total. The molecule has 0 aromatic carbocycles. The molecule has 1 rings (SSSR count). The van der Waals surface area contributed by atoms with Gasteiger partial charge in [-0.25, -0.2) is 0 Å². The van der Waals surface area contributed by atoms with Gasteiger partial charge in [-0.15, -0.1) is 0 Å². The Bertz CT molecular complexity index is 1950. The van der Waals surface area contributed by atoms with E-state index in [0.29, 0.717) is 77.0 Å². The van der Waals surface area contributed by atoms with E-state index in [-0.39, 0.29) is 77.0 Å². The van der Waals surface area contributed by atoms with E-state index in [4.69, 9.17) is 0 Å². The summed E-state index contributed by atoms with van der Waals surface area (Å²) in [6.07, 6.45) is 44.0. The van der Waals surface area contributed by atoms with Crippen LogP contribution < -0.4 is 0 Å². The zero-order valence-corrected chi connectivity index (χ0v) is 64.0. The number of piperidine rings is 1. The van der Waals surface area contributed by atoms with Crippen LogP contribution in [0.1, 0.15) is 466 Å². The van der Waals surface area contributed by atoms with Gasteiger partial charge < -0.3 is 4.90 Å². The Balaban J connectivity index is 5.18. The van der Waals surface area contributed by atoms with E-state index in [1.54, 1.807) is 0 Å². The second kappa shape index (κ2) is 58.6. The van der Waals surface area contributed by atoms with Gasteiger partial charge in [0.05, 0.1) is 0 Å². The number of carbonyl (C=O) groups excluding carboxylic acids is 9. The molecule has 95 heavy (non-hydrogen) atoms. The van der Waals surface area contributed by atoms with Crippen molar-refractivity contribution in [3.8, 4) is 0 Å². The SMILES string of the molecule is CCCCCCCCCC(=O)C1N(C(=O)CCCCCCCCC)C(C(=O)CCCCCCCCC)(C(=O)CCCCCCCCC)C(C(=O)CCCCCCCCC)(C(=O)CCCCCCCCC)C(=O)C1(C(=O)CCCCCCCCC)C(=O)CCCCCCCCC. The number of nitrogens with zero attached hydrogens (tertiary/aromatic N) is 1. The standard InChI is InChI=1S/C85H153NO9/c1-9-17-25-33-41-49-57-65-73(87)81-83(74(88)66-58-50-42-34-26-18-10-2,75(89)67-59-51-43-35-27-19-11-3)82(95)84(76(90)68-60-52-44-36-28-20-12-4,77(91)69-61-53-45-37-29-21-13-5)85(78(92)70-62-54-46-38-30-22-14-6,79(93)71-63-55-47-39-31-23-15-7)86(81)80(94)72-64-56-48-40-32-24-16-8/h81H,9-72H2,1-8H3. The van der Waals surface area contributed by atoms with Gasteiger partial charge in [0.25, 0.3) is 0 Å². The van der Waals surface area contributed by atoms with Crippen molar-refractivity contribution in [3.05, 3.63) is 0 Å². The Kier molecular flexibility index (Phi) is 55.4. The summed E-state index contributed by atoms with van der Waals surface area (Å²) in [6.45, 7) is 17.3. The minimum Gasteiger partial charge on any atom is -0.309 e. The molecule has 0 aromatic rings. The van der Waals surface area contributed by atoms with E-state index in [1.807, 2.05) is 0 Å². The topological polar surface area (TPSA) is 157 Å². The summed E-state index contributed by atoms with van der Waals surface area (Å²) < 4.78 is 0. The van der Waals surface area contributed by atoms with Crippen LogP contribution in [0.25, 0.3) is 0 Å². The lowest BCUT2D eigenvalue weighted by molar-refractivity contribution is -0.199. The minimum atomic E-state index is -3.24. The highest BCUT2D eigenvalue weighted by atomic mass is 16.2. The number of carbonyl (C=O) groups is 9. The number of hydrogen-bond donors (Lipinski definition) is 0. The molecule has 1 aliphatic heterocycles. The first-order valence-electron chi connectivity index (χ1n) is 41.9. The molecule has 1 atom stereocenters. The molecule has 0 saturated carbocycles. The quantitative estimate of drug-likeness (QED) is 0.0427. The van der Waals surface area contributed by atoms with E-state index in [9.17, 15) is 0 Å². The van der Waals surface area contributed by atoms with Gasteiger partial charge in [0.2, 0.25) is 5.91 Å². The number of unbranched alkanes of at least 4 members (excludes halogenated alkanes) is 48. The van der Waals surface area contributed by atoms with Gasteiger partial charge in [0.15, 0.2) is 62.6 Å². The Hall–Kier alpha value is -3.17. The van der Waals surface area contributed by atoms with Crippen LogP contribution >= 0.6 is 0 Å². The molecule has 1 aliphatic rings. The Labute approximate surface area is 586 Å². The molecule has 552 valence electrons. The first-order chi connectivity index (χ1) is 46.3. The van der Waals surface area contributed by atoms with Crippen molar-refractivity contribution in [1.29, 1.82) is 0 Å². The lowest BCUT2D eigenvalue weighted by Gasteiger charge is -2.61. The van der Waals surface area contributed by atoms with E-state index in [0.717, 1.165) is 262 Å². The van der Waals surface area contributed by atoms with Crippen LogP contribution in [0.15, 0.2) is 0 Å². The number of hydrogen-bond acceptors (Lipinski definition) is 9. The van der Waals surface area contributed by atoms with Gasteiger partial charge in [-0.3, -0.25) is 43.2 Å². The highest BCUT2D eigenvalue weighted by Gasteiger charge is 2.84. The number of Topliss-reactive ketones (excluding diaryl/α,β-unsaturated/α-hetero) is 8. The van der Waals surface area contributed by atoms with Gasteiger partial charge in [0.1, 0.15) is 6.04 Å². The molecule has 1 heterocycles. The number of rotatable bonds is 71. The van der Waals surface area contributed by atoms with E-state index >= 15 is 43.2 Å². The molecule has 0 bridgehead atoms. The summed E-state index contributed by atoms with van der Waals surface area (Å²) in [5.74, 6) is -7.99. The molecule has 10 nitrogen and oxygen atoms in total. The van der Waals surface area contributed by atoms with E-state index in [2.05, 4.69) is 55.4 Å². The summed E-state index contributed by atoms with van der Waals surface area (Å²) >= 11 is 0. The number of ketones is 8. The van der Waals surface area contributed by atoms with Crippen molar-refractivity contribution in [2.45, 2.75) is 478 Å². The van der Waals surface area contributed by atoms with Gasteiger partial charge in [-0.05, 0) is 51.4 Å². The molecular formula is C85H153NO9. The van der Waals surface area contributed by atoms with Gasteiger partial charge in [-0.2, -0.15) is 0 Å². The fourth-order valence-electron chi connectivity index (χ4n) is 15.6. The molecule has 0 spiro atoms. The number of amides is 1. The van der Waals surface area contributed by atoms with Crippen LogP contribution in [0.2, 0.25) is 0 Å². The third-order valence-electron chi connectivity index (χ3n) is 21.4. The van der Waals surface area contributed by atoms with Crippen molar-refractivity contribution in [3.63, 3.8) is 0 Å². The summed E-state index contributed by atoms with van der Waals surface area (Å²) in [7, 11) is 0. The molecule has 1 amide bonds. The monoisotopic (exact) mass is 1330 g/mol. The lowest BCUT2D eigenvalue weighted by atomic mass is 9.44. The molecular weight excluding hydrogens is 1180 g/mol. The molecule has 0 aromatic heterocycles. The van der Waals surface area contributed by atoms with Crippen molar-refractivity contribution in [1.82, 2.24) is 4.90 Å². The third-order valence-corrected chi connectivity index (χ3v) is 21.4. The van der Waals surface area contributed by atoms with Crippen molar-refractivity contribution in [2.24, 2.45) is 10.8 Å². The maximum absolute atomic E-state index is 18.2. The Morgan fingerprint density at radius 1 is 0.242 bits per heavy atom. The zero-order valence-electron chi connectivity index (χ0n) is 64.0. The predicted octanol–water partition coefficient (Wildman–Crippen LogP) is 24.6. The van der Waals surface area contributed by atoms with Crippen molar-refractivity contribution >= 4 is 52.2 Å². The highest BCUT2D eigenvalue weighted by Crippen LogP contribution is 2.58. The second-order valence-electron chi connectivity index (χ2n) is 29.7. The van der Waals surface area contributed by atoms with E-state index in [1.165, 1.54) is 0 Å². The maximum atomic E-state index is 18.2. The Morgan fingerprint density at radius 3 is 0.674 bits per heavy atom. The second-order valence-corrected chi connectivity index (χ2v) is 29.7. The Morgan fingerprint density at radius 2 is 0.432 bits per heavy atom. The average Bonchev–Trinajstić information content (AvgIpc) is 0.658. The molecule has 1 unspecified atom stereocenters. The average molecular weight is 1330 g/mol. The smallest absolute Gasteiger partial charge is 0.224 e. The summed E-state index contributed by atoms with van der Waals surface area (Å²) in [5.41, 5.74) is -9.34. The fourth-order valence-corrected chi connectivity index (χ4v) is 15.6. The highest BCUT2D eigenvalue weighted by molar-refractivity contribution is 6.44. The summed E-state index contributed by atoms with van der Waals surface area (Å²) in [5, 5.41) is 0. The molecule has 1 saturated heterocycles. The predicted molar refractivity (Wildman–Crippen MR) is 399 cm³/mol. The molecule has 10 heteroatoms. The summed E-state index contributed by atoms with van der Waals surface area (Å²) in [4.78, 5) is 155. The summed E-state index contributed by atoms with van der Waals surface area (Å²) in [6, 6.07) is -2.18. The molecule has 1 fully saturated rings. The fraction of sp³-hybridized carbons (Fsp3) is 0.894. The van der Waals surface area contributed by atoms with Crippen LogP contribution in [0.3, 0.4) is 0 Å². The van der Waals surface area contributed by atoms with Crippen LogP contribution in [0, 0.1) is 10.8 Å². The van der Waals surface area contributed by atoms with Crippen LogP contribution in [-0.2, 0) is 43.2 Å². The largest absolute Gasteiger partial charge is 0.309 e. The molecule has 0 aliphatic carbocycles. The van der Waals surface area contributed by atoms with Crippen molar-refractivity contribution < 1.29 is 43.2 Å².